The monoisotopic (exact) mass is 281 g/mol. The second-order valence-corrected chi connectivity index (χ2v) is 5.37. The second-order valence-electron chi connectivity index (χ2n) is 3.96. The number of H-pyrrole nitrogens is 1. The molecule has 0 fully saturated rings. The van der Waals surface area contributed by atoms with E-state index >= 15 is 0 Å². The van der Waals surface area contributed by atoms with Crippen LogP contribution in [0.5, 0.6) is 0 Å². The van der Waals surface area contributed by atoms with Crippen LogP contribution in [0.3, 0.4) is 0 Å². The molecule has 2 aromatic rings. The highest BCUT2D eigenvalue weighted by atomic mass is 32.2. The summed E-state index contributed by atoms with van der Waals surface area (Å²) in [6.45, 7) is 0.557. The molecule has 7 heteroatoms. The van der Waals surface area contributed by atoms with Crippen LogP contribution in [-0.2, 0) is 22.1 Å². The molecule has 1 aromatic heterocycles. The molecule has 1 heterocycles. The first-order chi connectivity index (χ1) is 9.25. The fourth-order valence-electron chi connectivity index (χ4n) is 1.49. The molecule has 2 rings (SSSR count). The number of aromatic nitrogens is 3. The largest absolute Gasteiger partial charge is 0.390 e. The van der Waals surface area contributed by atoms with Crippen LogP contribution in [0, 0.1) is 0 Å². The zero-order chi connectivity index (χ0) is 13.5. The molecule has 1 aromatic carbocycles. The molecule has 0 unspecified atom stereocenters. The summed E-state index contributed by atoms with van der Waals surface area (Å²) in [7, 11) is -1.39. The molecule has 102 valence electrons. The number of hydrogen-bond donors (Lipinski definition) is 2. The van der Waals surface area contributed by atoms with Gasteiger partial charge in [0.15, 0.2) is 0 Å². The number of nitrogens with zero attached hydrogens (tertiary/aromatic N) is 2. The lowest BCUT2D eigenvalue weighted by Crippen LogP contribution is -2.23. The van der Waals surface area contributed by atoms with E-state index in [9.17, 15) is 9.32 Å². The maximum atomic E-state index is 11.7. The molecule has 0 saturated carbocycles. The van der Waals surface area contributed by atoms with Crippen molar-refractivity contribution in [1.29, 1.82) is 0 Å². The first kappa shape index (κ1) is 13.9. The molecule has 0 amide bonds. The summed E-state index contributed by atoms with van der Waals surface area (Å²) in [5, 5.41) is 16.1. The third kappa shape index (κ3) is 4.55. The van der Waals surface area contributed by atoms with Crippen molar-refractivity contribution in [1.82, 2.24) is 15.2 Å². The van der Waals surface area contributed by atoms with Gasteiger partial charge in [0.05, 0.1) is 35.9 Å². The van der Waals surface area contributed by atoms with Crippen LogP contribution in [0.15, 0.2) is 41.8 Å². The summed E-state index contributed by atoms with van der Waals surface area (Å²) in [6.07, 6.45) is 0.487. The smallest absolute Gasteiger partial charge is 0.214 e. The van der Waals surface area contributed by atoms with E-state index in [1.54, 1.807) is 0 Å². The summed E-state index contributed by atoms with van der Waals surface area (Å²) in [5.41, 5.74) is 1.03. The van der Waals surface area contributed by atoms with Crippen LogP contribution < -0.4 is 0 Å². The predicted octanol–water partition coefficient (Wildman–Crippen LogP) is 0.490. The Morgan fingerprint density at radius 2 is 2.16 bits per heavy atom. The van der Waals surface area contributed by atoms with Crippen LogP contribution >= 0.6 is 0 Å². The lowest BCUT2D eigenvalue weighted by Gasteiger charge is -2.10. The van der Waals surface area contributed by atoms with Crippen LogP contribution in [0.1, 0.15) is 5.56 Å². The Labute approximate surface area is 113 Å². The van der Waals surface area contributed by atoms with Gasteiger partial charge in [-0.3, -0.25) is 9.31 Å². The first-order valence-corrected chi connectivity index (χ1v) is 7.11. The van der Waals surface area contributed by atoms with Gasteiger partial charge in [-0.25, -0.2) is 4.98 Å². The molecule has 0 aliphatic carbocycles. The van der Waals surface area contributed by atoms with Gasteiger partial charge < -0.3 is 9.84 Å². The van der Waals surface area contributed by atoms with Crippen LogP contribution in [0.4, 0.5) is 0 Å². The van der Waals surface area contributed by atoms with Gasteiger partial charge in [-0.05, 0) is 5.56 Å². The Bertz CT molecular complexity index is 504. The first-order valence-electron chi connectivity index (χ1n) is 5.79. The molecular formula is C12H15N3O3S. The van der Waals surface area contributed by atoms with Crippen LogP contribution in [0.2, 0.25) is 0 Å². The normalized spacial score (nSPS) is 14.2. The molecular weight excluding hydrogens is 266 g/mol. The minimum atomic E-state index is -1.39. The molecule has 0 radical (unpaired) electrons. The zero-order valence-corrected chi connectivity index (χ0v) is 11.0. The van der Waals surface area contributed by atoms with Crippen molar-refractivity contribution < 1.29 is 14.1 Å². The minimum Gasteiger partial charge on any atom is -0.390 e. The van der Waals surface area contributed by atoms with Gasteiger partial charge in [-0.15, -0.1) is 0 Å². The summed E-state index contributed by atoms with van der Waals surface area (Å²) in [4.78, 5) is 3.78. The number of hydrogen-bond acceptors (Lipinski definition) is 5. The van der Waals surface area contributed by atoms with E-state index in [2.05, 4.69) is 15.2 Å². The molecule has 0 saturated heterocycles. The van der Waals surface area contributed by atoms with Crippen molar-refractivity contribution in [2.45, 2.75) is 17.9 Å². The van der Waals surface area contributed by atoms with Gasteiger partial charge in [0.2, 0.25) is 5.16 Å². The topological polar surface area (TPSA) is 88.1 Å². The number of benzene rings is 1. The highest BCUT2D eigenvalue weighted by Gasteiger charge is 2.13. The second kappa shape index (κ2) is 7.13. The zero-order valence-electron chi connectivity index (χ0n) is 10.2. The van der Waals surface area contributed by atoms with Crippen molar-refractivity contribution in [3.8, 4) is 0 Å². The predicted molar refractivity (Wildman–Crippen MR) is 69.8 cm³/mol. The highest BCUT2D eigenvalue weighted by molar-refractivity contribution is 7.84. The van der Waals surface area contributed by atoms with Gasteiger partial charge >= 0.3 is 0 Å². The molecule has 0 aliphatic rings. The van der Waals surface area contributed by atoms with Crippen molar-refractivity contribution in [2.24, 2.45) is 0 Å². The van der Waals surface area contributed by atoms with Crippen molar-refractivity contribution in [3.63, 3.8) is 0 Å². The molecule has 0 bridgehead atoms. The van der Waals surface area contributed by atoms with E-state index in [-0.39, 0.29) is 17.5 Å². The Kier molecular flexibility index (Phi) is 5.20. The lowest BCUT2D eigenvalue weighted by molar-refractivity contribution is 0.0394. The van der Waals surface area contributed by atoms with E-state index < -0.39 is 16.9 Å². The number of aliphatic hydroxyl groups is 1. The summed E-state index contributed by atoms with van der Waals surface area (Å²) < 4.78 is 17.1. The Hall–Kier alpha value is -1.57. The van der Waals surface area contributed by atoms with E-state index in [1.165, 1.54) is 6.33 Å². The number of aromatic amines is 1. The summed E-state index contributed by atoms with van der Waals surface area (Å²) >= 11 is 0. The van der Waals surface area contributed by atoms with Gasteiger partial charge in [0.1, 0.15) is 6.33 Å². The van der Waals surface area contributed by atoms with E-state index in [0.29, 0.717) is 6.61 Å². The molecule has 0 spiro atoms. The molecule has 2 N–H and O–H groups in total. The van der Waals surface area contributed by atoms with Gasteiger partial charge in [0.25, 0.3) is 0 Å². The number of aliphatic hydroxyl groups excluding tert-OH is 1. The average Bonchev–Trinajstić information content (AvgIpc) is 2.94. The maximum absolute atomic E-state index is 11.7. The van der Waals surface area contributed by atoms with Crippen LogP contribution in [-0.4, -0.2) is 43.0 Å². The summed E-state index contributed by atoms with van der Waals surface area (Å²) in [6, 6.07) is 9.67. The molecule has 19 heavy (non-hydrogen) atoms. The SMILES string of the molecule is O=[S@@](C[C@@H](O)COCc1ccccc1)c1ncn[nH]1. The van der Waals surface area contributed by atoms with Gasteiger partial charge in [-0.2, -0.15) is 5.10 Å². The van der Waals surface area contributed by atoms with E-state index in [4.69, 9.17) is 4.74 Å². The van der Waals surface area contributed by atoms with Crippen molar-refractivity contribution in [2.75, 3.05) is 12.4 Å². The molecule has 2 atom stereocenters. The molecule has 6 nitrogen and oxygen atoms in total. The Morgan fingerprint density at radius 3 is 2.84 bits per heavy atom. The average molecular weight is 281 g/mol. The quantitative estimate of drug-likeness (QED) is 0.771. The van der Waals surface area contributed by atoms with Gasteiger partial charge in [-0.1, -0.05) is 30.3 Å². The fourth-order valence-corrected chi connectivity index (χ4v) is 2.42. The van der Waals surface area contributed by atoms with Crippen molar-refractivity contribution in [3.05, 3.63) is 42.2 Å². The lowest BCUT2D eigenvalue weighted by atomic mass is 10.2. The number of ether oxygens (including phenoxy) is 1. The van der Waals surface area contributed by atoms with E-state index in [0.717, 1.165) is 5.56 Å². The van der Waals surface area contributed by atoms with E-state index in [1.807, 2.05) is 30.3 Å². The number of rotatable bonds is 7. The maximum Gasteiger partial charge on any atom is 0.214 e. The Morgan fingerprint density at radius 1 is 1.37 bits per heavy atom. The minimum absolute atomic E-state index is 0.0734. The number of nitrogens with one attached hydrogen (secondary N) is 1. The van der Waals surface area contributed by atoms with Crippen molar-refractivity contribution >= 4 is 10.8 Å². The molecule has 0 aliphatic heterocycles. The third-order valence-electron chi connectivity index (χ3n) is 2.37. The van der Waals surface area contributed by atoms with Gasteiger partial charge in [0, 0.05) is 0 Å². The standard InChI is InChI=1S/C12H15N3O3S/c16-11(8-19(17)12-13-9-14-15-12)7-18-6-10-4-2-1-3-5-10/h1-5,9,11,16H,6-8H2,(H,13,14,15)/t11-,19-/m0/s1. The Balaban J connectivity index is 1.70. The third-order valence-corrected chi connectivity index (χ3v) is 3.69. The highest BCUT2D eigenvalue weighted by Crippen LogP contribution is 2.03. The summed E-state index contributed by atoms with van der Waals surface area (Å²) in [5.74, 6) is 0.0734. The van der Waals surface area contributed by atoms with Crippen LogP contribution in [0.25, 0.3) is 0 Å². The fraction of sp³-hybridized carbons (Fsp3) is 0.333.